The van der Waals surface area contributed by atoms with Crippen LogP contribution in [0.15, 0.2) is 24.3 Å². The first-order chi connectivity index (χ1) is 11.8. The number of alkyl halides is 3. The van der Waals surface area contributed by atoms with Crippen LogP contribution in [-0.2, 0) is 15.8 Å². The number of carboxylic acids is 1. The molecule has 0 bridgehead atoms. The van der Waals surface area contributed by atoms with Crippen molar-refractivity contribution in [3.63, 3.8) is 0 Å². The maximum atomic E-state index is 12.9. The third kappa shape index (κ3) is 4.14. The summed E-state index contributed by atoms with van der Waals surface area (Å²) in [5.41, 5.74) is -0.268. The molecule has 25 heavy (non-hydrogen) atoms. The van der Waals surface area contributed by atoms with E-state index in [4.69, 9.17) is 5.11 Å². The molecule has 2 saturated carbocycles. The van der Waals surface area contributed by atoms with Crippen molar-refractivity contribution in [2.45, 2.75) is 44.3 Å². The van der Waals surface area contributed by atoms with Gasteiger partial charge in [-0.1, -0.05) is 12.1 Å². The van der Waals surface area contributed by atoms with Gasteiger partial charge in [0.15, 0.2) is 0 Å². The van der Waals surface area contributed by atoms with Crippen molar-refractivity contribution in [1.29, 1.82) is 0 Å². The monoisotopic (exact) mass is 355 g/mol. The molecule has 3 rings (SSSR count). The quantitative estimate of drug-likeness (QED) is 0.845. The SMILES string of the molecule is O=C(O)[C@@H]1CC[C@H](C(=O)NC(c2cccc(C(F)(F)F)c2)C2CC2)C1. The number of amides is 1. The topological polar surface area (TPSA) is 66.4 Å². The van der Waals surface area contributed by atoms with E-state index in [1.165, 1.54) is 6.07 Å². The van der Waals surface area contributed by atoms with Gasteiger partial charge in [0, 0.05) is 5.92 Å². The van der Waals surface area contributed by atoms with Crippen LogP contribution >= 0.6 is 0 Å². The first-order valence-corrected chi connectivity index (χ1v) is 8.46. The highest BCUT2D eigenvalue weighted by molar-refractivity contribution is 5.81. The van der Waals surface area contributed by atoms with Crippen LogP contribution in [0.1, 0.15) is 49.3 Å². The average molecular weight is 355 g/mol. The van der Waals surface area contributed by atoms with Gasteiger partial charge >= 0.3 is 12.1 Å². The summed E-state index contributed by atoms with van der Waals surface area (Å²) in [6.07, 6.45) is -1.43. The molecule has 0 spiro atoms. The van der Waals surface area contributed by atoms with E-state index in [9.17, 15) is 22.8 Å². The number of carbonyl (C=O) groups is 2. The maximum absolute atomic E-state index is 12.9. The second-order valence-corrected chi connectivity index (χ2v) is 6.99. The van der Waals surface area contributed by atoms with Gasteiger partial charge in [0.05, 0.1) is 17.5 Å². The molecule has 3 atom stereocenters. The second kappa shape index (κ2) is 6.69. The zero-order chi connectivity index (χ0) is 18.2. The van der Waals surface area contributed by atoms with Crippen LogP contribution in [0.25, 0.3) is 0 Å². The molecule has 0 heterocycles. The zero-order valence-corrected chi connectivity index (χ0v) is 13.6. The Morgan fingerprint density at radius 2 is 1.80 bits per heavy atom. The summed E-state index contributed by atoms with van der Waals surface area (Å²) in [7, 11) is 0. The summed E-state index contributed by atoms with van der Waals surface area (Å²) in [4.78, 5) is 23.5. The molecule has 2 aliphatic rings. The fourth-order valence-electron chi connectivity index (χ4n) is 3.53. The standard InChI is InChI=1S/C18H20F3NO3/c19-18(20,21)14-3-1-2-11(9-14)15(10-4-5-10)22-16(23)12-6-7-13(8-12)17(24)25/h1-3,9-10,12-13,15H,4-8H2,(H,22,23)(H,24,25)/t12-,13+,15?/m0/s1. The van der Waals surface area contributed by atoms with Gasteiger partial charge < -0.3 is 10.4 Å². The Kier molecular flexibility index (Phi) is 4.75. The smallest absolute Gasteiger partial charge is 0.416 e. The zero-order valence-electron chi connectivity index (χ0n) is 13.6. The van der Waals surface area contributed by atoms with E-state index >= 15 is 0 Å². The van der Waals surface area contributed by atoms with Crippen LogP contribution in [0, 0.1) is 17.8 Å². The molecule has 2 fully saturated rings. The van der Waals surface area contributed by atoms with Gasteiger partial charge in [0.1, 0.15) is 0 Å². The Hall–Kier alpha value is -2.05. The number of nitrogens with one attached hydrogen (secondary N) is 1. The number of hydrogen-bond donors (Lipinski definition) is 2. The van der Waals surface area contributed by atoms with E-state index < -0.39 is 29.7 Å². The molecule has 0 aliphatic heterocycles. The molecule has 2 aliphatic carbocycles. The highest BCUT2D eigenvalue weighted by Gasteiger charge is 2.39. The van der Waals surface area contributed by atoms with Gasteiger partial charge in [0.2, 0.25) is 5.91 Å². The molecule has 1 amide bonds. The number of aliphatic carboxylic acids is 1. The molecule has 2 N–H and O–H groups in total. The van der Waals surface area contributed by atoms with Crippen molar-refractivity contribution in [2.24, 2.45) is 17.8 Å². The molecular formula is C18H20F3NO3. The lowest BCUT2D eigenvalue weighted by Crippen LogP contribution is -2.34. The normalized spacial score (nSPS) is 24.8. The van der Waals surface area contributed by atoms with E-state index in [2.05, 4.69) is 5.32 Å². The molecule has 0 radical (unpaired) electrons. The Labute approximate surface area is 143 Å². The molecular weight excluding hydrogens is 335 g/mol. The summed E-state index contributed by atoms with van der Waals surface area (Å²) in [6, 6.07) is 4.63. The van der Waals surface area contributed by atoms with Gasteiger partial charge in [-0.15, -0.1) is 0 Å². The summed E-state index contributed by atoms with van der Waals surface area (Å²) in [5.74, 6) is -1.90. The second-order valence-electron chi connectivity index (χ2n) is 6.99. The average Bonchev–Trinajstić information content (AvgIpc) is 3.26. The van der Waals surface area contributed by atoms with Crippen molar-refractivity contribution >= 4 is 11.9 Å². The summed E-state index contributed by atoms with van der Waals surface area (Å²) < 4.78 is 38.8. The molecule has 0 saturated heterocycles. The van der Waals surface area contributed by atoms with Crippen LogP contribution in [0.5, 0.6) is 0 Å². The van der Waals surface area contributed by atoms with E-state index in [-0.39, 0.29) is 17.7 Å². The Morgan fingerprint density at radius 3 is 2.36 bits per heavy atom. The predicted molar refractivity (Wildman–Crippen MR) is 83.5 cm³/mol. The van der Waals surface area contributed by atoms with Crippen molar-refractivity contribution in [3.8, 4) is 0 Å². The third-order valence-electron chi connectivity index (χ3n) is 5.12. The van der Waals surface area contributed by atoms with Crippen LogP contribution in [0.2, 0.25) is 0 Å². The number of benzene rings is 1. The summed E-state index contributed by atoms with van der Waals surface area (Å²) in [5, 5.41) is 11.9. The van der Waals surface area contributed by atoms with Gasteiger partial charge in [-0.05, 0) is 55.7 Å². The Balaban J connectivity index is 1.72. The molecule has 136 valence electrons. The number of carbonyl (C=O) groups excluding carboxylic acids is 1. The molecule has 0 aromatic heterocycles. The van der Waals surface area contributed by atoms with Crippen LogP contribution < -0.4 is 5.32 Å². The van der Waals surface area contributed by atoms with Crippen LogP contribution in [0.4, 0.5) is 13.2 Å². The number of carboxylic acid groups (broad SMARTS) is 1. The van der Waals surface area contributed by atoms with Gasteiger partial charge in [0.25, 0.3) is 0 Å². The van der Waals surface area contributed by atoms with Gasteiger partial charge in [-0.25, -0.2) is 0 Å². The largest absolute Gasteiger partial charge is 0.481 e. The number of hydrogen-bond acceptors (Lipinski definition) is 2. The first kappa shape index (κ1) is 17.8. The van der Waals surface area contributed by atoms with Crippen molar-refractivity contribution in [1.82, 2.24) is 5.32 Å². The van der Waals surface area contributed by atoms with E-state index in [0.29, 0.717) is 24.8 Å². The minimum atomic E-state index is -4.42. The molecule has 4 nitrogen and oxygen atoms in total. The van der Waals surface area contributed by atoms with Crippen molar-refractivity contribution in [2.75, 3.05) is 0 Å². The van der Waals surface area contributed by atoms with E-state index in [0.717, 1.165) is 25.0 Å². The highest BCUT2D eigenvalue weighted by atomic mass is 19.4. The van der Waals surface area contributed by atoms with Crippen molar-refractivity contribution in [3.05, 3.63) is 35.4 Å². The maximum Gasteiger partial charge on any atom is 0.416 e. The van der Waals surface area contributed by atoms with Crippen LogP contribution in [0.3, 0.4) is 0 Å². The first-order valence-electron chi connectivity index (χ1n) is 8.46. The van der Waals surface area contributed by atoms with Gasteiger partial charge in [-0.2, -0.15) is 13.2 Å². The Bertz CT molecular complexity index is 670. The summed E-state index contributed by atoms with van der Waals surface area (Å²) >= 11 is 0. The lowest BCUT2D eigenvalue weighted by molar-refractivity contribution is -0.141. The molecule has 1 aromatic rings. The minimum absolute atomic E-state index is 0.143. The lowest BCUT2D eigenvalue weighted by Gasteiger charge is -2.22. The Morgan fingerprint density at radius 1 is 1.12 bits per heavy atom. The molecule has 1 aromatic carbocycles. The fourth-order valence-corrected chi connectivity index (χ4v) is 3.53. The lowest BCUT2D eigenvalue weighted by atomic mass is 9.98. The van der Waals surface area contributed by atoms with Crippen LogP contribution in [-0.4, -0.2) is 17.0 Å². The van der Waals surface area contributed by atoms with Crippen molar-refractivity contribution < 1.29 is 27.9 Å². The fraction of sp³-hybridized carbons (Fsp3) is 0.556. The number of rotatable bonds is 5. The summed E-state index contributed by atoms with van der Waals surface area (Å²) in [6.45, 7) is 0. The minimum Gasteiger partial charge on any atom is -0.481 e. The third-order valence-corrected chi connectivity index (χ3v) is 5.12. The van der Waals surface area contributed by atoms with Gasteiger partial charge in [-0.3, -0.25) is 9.59 Å². The number of halogens is 3. The molecule has 7 heteroatoms. The molecule has 1 unspecified atom stereocenters. The van der Waals surface area contributed by atoms with E-state index in [1.54, 1.807) is 6.07 Å². The highest BCUT2D eigenvalue weighted by Crippen LogP contribution is 2.43. The van der Waals surface area contributed by atoms with E-state index in [1.807, 2.05) is 0 Å². The predicted octanol–water partition coefficient (Wildman–Crippen LogP) is 3.77.